The minimum Gasteiger partial charge on any atom is -0.372 e. The number of benzene rings is 1. The Morgan fingerprint density at radius 2 is 2.05 bits per heavy atom. The number of thioether (sulfide) groups is 1. The molecule has 19 heavy (non-hydrogen) atoms. The molecule has 108 valence electrons. The van der Waals surface area contributed by atoms with Gasteiger partial charge in [0.15, 0.2) is 0 Å². The van der Waals surface area contributed by atoms with Crippen LogP contribution in [0.1, 0.15) is 25.8 Å². The van der Waals surface area contributed by atoms with Gasteiger partial charge in [-0.15, -0.1) is 0 Å². The van der Waals surface area contributed by atoms with Crippen LogP contribution in [0.3, 0.4) is 0 Å². The second kappa shape index (κ2) is 7.75. The minimum atomic E-state index is -0.190. The van der Waals surface area contributed by atoms with Crippen molar-refractivity contribution in [3.05, 3.63) is 29.6 Å². The van der Waals surface area contributed by atoms with Gasteiger partial charge >= 0.3 is 0 Å². The van der Waals surface area contributed by atoms with Crippen molar-refractivity contribution in [1.29, 1.82) is 0 Å². The largest absolute Gasteiger partial charge is 0.372 e. The Bertz CT molecular complexity index is 396. The third-order valence-corrected chi connectivity index (χ3v) is 4.01. The topological polar surface area (TPSA) is 29.3 Å². The number of hydrogen-bond donors (Lipinski definition) is 1. The number of rotatable bonds is 7. The molecular formula is C15H25FN2S. The maximum atomic E-state index is 13.4. The molecule has 4 heteroatoms. The zero-order valence-electron chi connectivity index (χ0n) is 12.3. The molecule has 1 aromatic rings. The summed E-state index contributed by atoms with van der Waals surface area (Å²) < 4.78 is 13.4. The van der Waals surface area contributed by atoms with Crippen LogP contribution in [0.4, 0.5) is 10.1 Å². The van der Waals surface area contributed by atoms with Crippen LogP contribution in [0, 0.1) is 5.82 Å². The Morgan fingerprint density at radius 3 is 2.63 bits per heavy atom. The highest BCUT2D eigenvalue weighted by atomic mass is 32.2. The molecule has 0 amide bonds. The van der Waals surface area contributed by atoms with Gasteiger partial charge in [-0.3, -0.25) is 0 Å². The van der Waals surface area contributed by atoms with Crippen LogP contribution >= 0.6 is 11.8 Å². The van der Waals surface area contributed by atoms with Gasteiger partial charge in [-0.2, -0.15) is 11.8 Å². The molecule has 0 spiro atoms. The van der Waals surface area contributed by atoms with Crippen LogP contribution in [0.2, 0.25) is 0 Å². The Kier molecular flexibility index (Phi) is 6.66. The monoisotopic (exact) mass is 284 g/mol. The molecule has 0 radical (unpaired) electrons. The van der Waals surface area contributed by atoms with E-state index in [1.807, 2.05) is 24.8 Å². The predicted molar refractivity (Wildman–Crippen MR) is 84.6 cm³/mol. The summed E-state index contributed by atoms with van der Waals surface area (Å²) in [4.78, 5) is 2.23. The summed E-state index contributed by atoms with van der Waals surface area (Å²) in [5, 5.41) is 0. The van der Waals surface area contributed by atoms with E-state index < -0.39 is 0 Å². The van der Waals surface area contributed by atoms with E-state index in [4.69, 9.17) is 5.73 Å². The third kappa shape index (κ3) is 5.03. The van der Waals surface area contributed by atoms with Gasteiger partial charge < -0.3 is 10.6 Å². The zero-order valence-corrected chi connectivity index (χ0v) is 13.1. The predicted octanol–water partition coefficient (Wildman–Crippen LogP) is 3.29. The number of anilines is 1. The standard InChI is InChI=1S/C15H25FN2S/c1-11(17)9-13-10-14(16)5-6-15(13)18(3)12(2)7-8-19-4/h5-6,10-12H,7-9,17H2,1-4H3. The van der Waals surface area contributed by atoms with Crippen molar-refractivity contribution in [2.75, 3.05) is 24.0 Å². The molecule has 0 fully saturated rings. The number of nitrogens with two attached hydrogens (primary N) is 1. The molecule has 0 aliphatic carbocycles. The van der Waals surface area contributed by atoms with Crippen molar-refractivity contribution in [3.63, 3.8) is 0 Å². The molecule has 0 aromatic heterocycles. The SMILES string of the molecule is CSCCC(C)N(C)c1ccc(F)cc1CC(C)N. The summed E-state index contributed by atoms with van der Waals surface area (Å²) in [6.07, 6.45) is 3.94. The summed E-state index contributed by atoms with van der Waals surface area (Å²) in [5.74, 6) is 0.944. The maximum Gasteiger partial charge on any atom is 0.123 e. The van der Waals surface area contributed by atoms with Crippen molar-refractivity contribution >= 4 is 17.4 Å². The highest BCUT2D eigenvalue weighted by molar-refractivity contribution is 7.98. The molecule has 1 rings (SSSR count). The molecular weight excluding hydrogens is 259 g/mol. The van der Waals surface area contributed by atoms with E-state index in [1.54, 1.807) is 6.07 Å². The average Bonchev–Trinajstić information content (AvgIpc) is 2.34. The fraction of sp³-hybridized carbons (Fsp3) is 0.600. The van der Waals surface area contributed by atoms with E-state index in [2.05, 4.69) is 25.1 Å². The first-order valence-electron chi connectivity index (χ1n) is 6.71. The number of nitrogens with zero attached hydrogens (tertiary/aromatic N) is 1. The zero-order chi connectivity index (χ0) is 14.4. The molecule has 0 aliphatic heterocycles. The second-order valence-corrected chi connectivity index (χ2v) is 6.18. The highest BCUT2D eigenvalue weighted by Gasteiger charge is 2.15. The van der Waals surface area contributed by atoms with E-state index in [1.165, 1.54) is 6.07 Å². The lowest BCUT2D eigenvalue weighted by atomic mass is 10.0. The van der Waals surface area contributed by atoms with Crippen molar-refractivity contribution in [1.82, 2.24) is 0 Å². The first kappa shape index (κ1) is 16.3. The Balaban J connectivity index is 2.91. The van der Waals surface area contributed by atoms with Gasteiger partial charge in [0.25, 0.3) is 0 Å². The van der Waals surface area contributed by atoms with Gasteiger partial charge in [0, 0.05) is 24.8 Å². The van der Waals surface area contributed by atoms with Crippen LogP contribution in [0.5, 0.6) is 0 Å². The molecule has 0 bridgehead atoms. The lowest BCUT2D eigenvalue weighted by molar-refractivity contribution is 0.618. The molecule has 2 atom stereocenters. The lowest BCUT2D eigenvalue weighted by Crippen LogP contribution is -2.31. The second-order valence-electron chi connectivity index (χ2n) is 5.20. The summed E-state index contributed by atoms with van der Waals surface area (Å²) >= 11 is 1.85. The first-order chi connectivity index (χ1) is 8.95. The van der Waals surface area contributed by atoms with E-state index in [-0.39, 0.29) is 11.9 Å². The van der Waals surface area contributed by atoms with E-state index in [0.29, 0.717) is 12.5 Å². The average molecular weight is 284 g/mol. The minimum absolute atomic E-state index is 0.0375. The fourth-order valence-electron chi connectivity index (χ4n) is 2.13. The van der Waals surface area contributed by atoms with Gasteiger partial charge in [0.2, 0.25) is 0 Å². The van der Waals surface area contributed by atoms with Crippen LogP contribution in [0.15, 0.2) is 18.2 Å². The Hall–Kier alpha value is -0.740. The third-order valence-electron chi connectivity index (χ3n) is 3.36. The Labute approximate surface area is 120 Å². The van der Waals surface area contributed by atoms with Crippen LogP contribution in [-0.2, 0) is 6.42 Å². The van der Waals surface area contributed by atoms with Crippen molar-refractivity contribution in [2.45, 2.75) is 38.8 Å². The Morgan fingerprint density at radius 1 is 1.37 bits per heavy atom. The van der Waals surface area contributed by atoms with Gasteiger partial charge in [-0.25, -0.2) is 4.39 Å². The van der Waals surface area contributed by atoms with E-state index in [0.717, 1.165) is 23.4 Å². The van der Waals surface area contributed by atoms with Crippen LogP contribution in [-0.4, -0.2) is 31.1 Å². The first-order valence-corrected chi connectivity index (χ1v) is 8.10. The summed E-state index contributed by atoms with van der Waals surface area (Å²) in [6, 6.07) is 5.47. The molecule has 2 unspecified atom stereocenters. The van der Waals surface area contributed by atoms with E-state index in [9.17, 15) is 4.39 Å². The molecule has 2 N–H and O–H groups in total. The normalized spacial score (nSPS) is 14.2. The molecule has 0 aliphatic rings. The van der Waals surface area contributed by atoms with Crippen LogP contribution in [0.25, 0.3) is 0 Å². The summed E-state index contributed by atoms with van der Waals surface area (Å²) in [5.41, 5.74) is 7.94. The van der Waals surface area contributed by atoms with Crippen molar-refractivity contribution < 1.29 is 4.39 Å². The van der Waals surface area contributed by atoms with Gasteiger partial charge in [0.05, 0.1) is 0 Å². The molecule has 0 saturated carbocycles. The maximum absolute atomic E-state index is 13.4. The quantitative estimate of drug-likeness (QED) is 0.833. The molecule has 0 heterocycles. The highest BCUT2D eigenvalue weighted by Crippen LogP contribution is 2.24. The summed E-state index contributed by atoms with van der Waals surface area (Å²) in [7, 11) is 2.07. The fourth-order valence-corrected chi connectivity index (χ4v) is 2.70. The summed E-state index contributed by atoms with van der Waals surface area (Å²) in [6.45, 7) is 4.15. The van der Waals surface area contributed by atoms with Crippen LogP contribution < -0.4 is 10.6 Å². The van der Waals surface area contributed by atoms with E-state index >= 15 is 0 Å². The number of halogens is 1. The smallest absolute Gasteiger partial charge is 0.123 e. The van der Waals surface area contributed by atoms with Gasteiger partial charge in [-0.05, 0) is 62.5 Å². The molecule has 1 aromatic carbocycles. The molecule has 0 saturated heterocycles. The lowest BCUT2D eigenvalue weighted by Gasteiger charge is -2.29. The molecule has 2 nitrogen and oxygen atoms in total. The van der Waals surface area contributed by atoms with Crippen molar-refractivity contribution in [3.8, 4) is 0 Å². The number of hydrogen-bond acceptors (Lipinski definition) is 3. The van der Waals surface area contributed by atoms with Crippen molar-refractivity contribution in [2.24, 2.45) is 5.73 Å². The van der Waals surface area contributed by atoms with Gasteiger partial charge in [0.1, 0.15) is 5.82 Å². The van der Waals surface area contributed by atoms with Gasteiger partial charge in [-0.1, -0.05) is 0 Å².